The van der Waals surface area contributed by atoms with Crippen LogP contribution in [0.2, 0.25) is 0 Å². The van der Waals surface area contributed by atoms with Crippen molar-refractivity contribution in [3.05, 3.63) is 65.4 Å². The van der Waals surface area contributed by atoms with Gasteiger partial charge in [-0.1, -0.05) is 13.8 Å². The SMILES string of the molecule is CC.CCOc1ccc(F)cc1-c1cc(CNC(=O)c2cc(F)ccc2N2CCCC2)[nH]n1. The van der Waals surface area contributed by atoms with Crippen molar-refractivity contribution in [2.75, 3.05) is 24.6 Å². The second kappa shape index (κ2) is 11.4. The summed E-state index contributed by atoms with van der Waals surface area (Å²) in [7, 11) is 0. The molecule has 1 saturated heterocycles. The number of carbonyl (C=O) groups is 1. The predicted molar refractivity (Wildman–Crippen MR) is 126 cm³/mol. The number of ether oxygens (including phenoxy) is 1. The molecule has 0 bridgehead atoms. The van der Waals surface area contributed by atoms with Crippen molar-refractivity contribution in [1.82, 2.24) is 15.5 Å². The van der Waals surface area contributed by atoms with Gasteiger partial charge in [-0.15, -0.1) is 0 Å². The fraction of sp³-hybridized carbons (Fsp3) is 0.360. The van der Waals surface area contributed by atoms with E-state index in [1.165, 1.54) is 24.3 Å². The highest BCUT2D eigenvalue weighted by molar-refractivity contribution is 5.99. The van der Waals surface area contributed by atoms with Crippen molar-refractivity contribution in [2.24, 2.45) is 0 Å². The summed E-state index contributed by atoms with van der Waals surface area (Å²) in [6, 6.07) is 10.3. The number of anilines is 1. The topological polar surface area (TPSA) is 70.2 Å². The summed E-state index contributed by atoms with van der Waals surface area (Å²) >= 11 is 0. The van der Waals surface area contributed by atoms with Gasteiger partial charge in [0.15, 0.2) is 0 Å². The highest BCUT2D eigenvalue weighted by Crippen LogP contribution is 2.30. The molecule has 2 heterocycles. The second-order valence-corrected chi connectivity index (χ2v) is 7.39. The number of aromatic nitrogens is 2. The number of amides is 1. The third-order valence-corrected chi connectivity index (χ3v) is 5.24. The van der Waals surface area contributed by atoms with E-state index in [0.717, 1.165) is 31.6 Å². The van der Waals surface area contributed by atoms with Crippen LogP contribution in [0.15, 0.2) is 42.5 Å². The van der Waals surface area contributed by atoms with E-state index in [2.05, 4.69) is 20.4 Å². The number of nitrogens with one attached hydrogen (secondary N) is 2. The van der Waals surface area contributed by atoms with Gasteiger partial charge in [0.25, 0.3) is 5.91 Å². The summed E-state index contributed by atoms with van der Waals surface area (Å²) < 4.78 is 33.1. The third kappa shape index (κ3) is 5.88. The number of hydrogen-bond acceptors (Lipinski definition) is 4. The molecule has 1 aliphatic rings. The van der Waals surface area contributed by atoms with Crippen molar-refractivity contribution in [1.29, 1.82) is 0 Å². The Kier molecular flexibility index (Phi) is 8.40. The van der Waals surface area contributed by atoms with Gasteiger partial charge in [-0.3, -0.25) is 9.89 Å². The normalized spacial score (nSPS) is 12.8. The molecule has 176 valence electrons. The summed E-state index contributed by atoms with van der Waals surface area (Å²) in [6.45, 7) is 8.17. The monoisotopic (exact) mass is 456 g/mol. The molecule has 0 aliphatic carbocycles. The Morgan fingerprint density at radius 3 is 2.52 bits per heavy atom. The first-order valence-electron chi connectivity index (χ1n) is 11.3. The van der Waals surface area contributed by atoms with Gasteiger partial charge in [0.2, 0.25) is 0 Å². The molecular formula is C25H30F2N4O2. The van der Waals surface area contributed by atoms with E-state index in [0.29, 0.717) is 34.9 Å². The zero-order chi connectivity index (χ0) is 23.8. The van der Waals surface area contributed by atoms with E-state index >= 15 is 0 Å². The lowest BCUT2D eigenvalue weighted by Gasteiger charge is -2.21. The molecule has 1 amide bonds. The molecule has 2 aromatic carbocycles. The number of benzene rings is 2. The molecule has 4 rings (SSSR count). The van der Waals surface area contributed by atoms with Gasteiger partial charge in [0.05, 0.1) is 30.1 Å². The zero-order valence-corrected chi connectivity index (χ0v) is 19.3. The number of halogens is 2. The van der Waals surface area contributed by atoms with Crippen LogP contribution in [0.5, 0.6) is 5.75 Å². The molecule has 6 nitrogen and oxygen atoms in total. The van der Waals surface area contributed by atoms with Crippen molar-refractivity contribution >= 4 is 11.6 Å². The van der Waals surface area contributed by atoms with Crippen molar-refractivity contribution in [3.8, 4) is 17.0 Å². The molecular weight excluding hydrogens is 426 g/mol. The molecule has 0 unspecified atom stereocenters. The van der Waals surface area contributed by atoms with Crippen LogP contribution < -0.4 is 15.0 Å². The Balaban J connectivity index is 0.00000149. The fourth-order valence-corrected chi connectivity index (χ4v) is 3.77. The summed E-state index contributed by atoms with van der Waals surface area (Å²) in [5.74, 6) is -0.678. The van der Waals surface area contributed by atoms with Gasteiger partial charge in [-0.05, 0) is 62.2 Å². The van der Waals surface area contributed by atoms with Crippen molar-refractivity contribution < 1.29 is 18.3 Å². The predicted octanol–water partition coefficient (Wildman–Crippen LogP) is 5.31. The minimum atomic E-state index is -0.452. The first-order chi connectivity index (χ1) is 16.0. The highest BCUT2D eigenvalue weighted by Gasteiger charge is 2.20. The van der Waals surface area contributed by atoms with Crippen LogP contribution in [-0.2, 0) is 6.54 Å². The maximum Gasteiger partial charge on any atom is 0.253 e. The average Bonchev–Trinajstić information content (AvgIpc) is 3.53. The molecule has 0 spiro atoms. The molecule has 0 saturated carbocycles. The number of hydrogen-bond donors (Lipinski definition) is 2. The van der Waals surface area contributed by atoms with Gasteiger partial charge in [-0.25, -0.2) is 8.78 Å². The summed E-state index contributed by atoms with van der Waals surface area (Å²) in [6.07, 6.45) is 2.11. The molecule has 33 heavy (non-hydrogen) atoms. The van der Waals surface area contributed by atoms with Crippen LogP contribution in [0.25, 0.3) is 11.3 Å². The van der Waals surface area contributed by atoms with E-state index in [1.807, 2.05) is 20.8 Å². The van der Waals surface area contributed by atoms with Gasteiger partial charge >= 0.3 is 0 Å². The first-order valence-corrected chi connectivity index (χ1v) is 11.3. The van der Waals surface area contributed by atoms with E-state index < -0.39 is 11.6 Å². The van der Waals surface area contributed by atoms with Gasteiger partial charge < -0.3 is 15.0 Å². The molecule has 1 aromatic heterocycles. The van der Waals surface area contributed by atoms with Crippen molar-refractivity contribution in [3.63, 3.8) is 0 Å². The summed E-state index contributed by atoms with van der Waals surface area (Å²) in [5.41, 5.74) is 2.72. The highest BCUT2D eigenvalue weighted by atomic mass is 19.1. The maximum atomic E-state index is 13.8. The lowest BCUT2D eigenvalue weighted by atomic mass is 10.1. The minimum absolute atomic E-state index is 0.168. The number of rotatable bonds is 7. The molecule has 0 atom stereocenters. The van der Waals surface area contributed by atoms with E-state index in [1.54, 1.807) is 18.2 Å². The van der Waals surface area contributed by atoms with Crippen LogP contribution in [-0.4, -0.2) is 35.8 Å². The summed E-state index contributed by atoms with van der Waals surface area (Å²) in [4.78, 5) is 14.9. The number of carbonyl (C=O) groups excluding carboxylic acids is 1. The van der Waals surface area contributed by atoms with Crippen LogP contribution >= 0.6 is 0 Å². The Bertz CT molecular complexity index is 1080. The maximum absolute atomic E-state index is 13.8. The number of aromatic amines is 1. The van der Waals surface area contributed by atoms with E-state index in [9.17, 15) is 13.6 Å². The molecule has 8 heteroatoms. The third-order valence-electron chi connectivity index (χ3n) is 5.24. The van der Waals surface area contributed by atoms with Gasteiger partial charge in [0, 0.05) is 24.3 Å². The van der Waals surface area contributed by atoms with Crippen LogP contribution in [0, 0.1) is 11.6 Å². The summed E-state index contributed by atoms with van der Waals surface area (Å²) in [5, 5.41) is 9.89. The lowest BCUT2D eigenvalue weighted by Crippen LogP contribution is -2.27. The van der Waals surface area contributed by atoms with E-state index in [-0.39, 0.29) is 12.5 Å². The Morgan fingerprint density at radius 2 is 1.79 bits per heavy atom. The quantitative estimate of drug-likeness (QED) is 0.506. The number of H-pyrrole nitrogens is 1. The standard InChI is InChI=1S/C23H24F2N4O2.C2H6/c1-2-31-22-8-6-16(25)11-18(22)20-13-17(27-28-20)14-26-23(30)19-12-15(24)5-7-21(19)29-9-3-4-10-29;1-2/h5-8,11-13H,2-4,9-10,14H2,1H3,(H,26,30)(H,27,28);1-2H3. The first kappa shape index (κ1) is 24.2. The van der Waals surface area contributed by atoms with Crippen LogP contribution in [0.3, 0.4) is 0 Å². The molecule has 1 fully saturated rings. The fourth-order valence-electron chi connectivity index (χ4n) is 3.77. The van der Waals surface area contributed by atoms with Crippen LogP contribution in [0.1, 0.15) is 49.7 Å². The Morgan fingerprint density at radius 1 is 1.09 bits per heavy atom. The zero-order valence-electron chi connectivity index (χ0n) is 19.3. The Labute approximate surface area is 193 Å². The minimum Gasteiger partial charge on any atom is -0.493 e. The molecule has 0 radical (unpaired) electrons. The average molecular weight is 457 g/mol. The molecule has 1 aliphatic heterocycles. The van der Waals surface area contributed by atoms with Crippen LogP contribution in [0.4, 0.5) is 14.5 Å². The van der Waals surface area contributed by atoms with E-state index in [4.69, 9.17) is 4.74 Å². The smallest absolute Gasteiger partial charge is 0.253 e. The van der Waals surface area contributed by atoms with Crippen molar-refractivity contribution in [2.45, 2.75) is 40.2 Å². The second-order valence-electron chi connectivity index (χ2n) is 7.39. The Hall–Kier alpha value is -3.42. The van der Waals surface area contributed by atoms with Gasteiger partial charge in [0.1, 0.15) is 17.4 Å². The molecule has 2 N–H and O–H groups in total. The van der Waals surface area contributed by atoms with Gasteiger partial charge in [-0.2, -0.15) is 5.10 Å². The largest absolute Gasteiger partial charge is 0.493 e. The lowest BCUT2D eigenvalue weighted by molar-refractivity contribution is 0.0950. The number of nitrogens with zero attached hydrogens (tertiary/aromatic N) is 2. The molecule has 3 aromatic rings.